The van der Waals surface area contributed by atoms with Gasteiger partial charge < -0.3 is 5.11 Å². The molecule has 0 aliphatic heterocycles. The third-order valence-electron chi connectivity index (χ3n) is 3.10. The van der Waals surface area contributed by atoms with Crippen molar-refractivity contribution >= 4 is 18.0 Å². The van der Waals surface area contributed by atoms with E-state index in [9.17, 15) is 9.59 Å². The van der Waals surface area contributed by atoms with Gasteiger partial charge in [-0.25, -0.2) is 10.9 Å². The second-order valence-electron chi connectivity index (χ2n) is 4.32. The molecule has 18 heavy (non-hydrogen) atoms. The van der Waals surface area contributed by atoms with Gasteiger partial charge in [0.05, 0.1) is 0 Å². The van der Waals surface area contributed by atoms with Gasteiger partial charge in [0, 0.05) is 31.1 Å². The fourth-order valence-electron chi connectivity index (χ4n) is 2.03. The van der Waals surface area contributed by atoms with Crippen LogP contribution in [0.4, 0.5) is 0 Å². The maximum atomic E-state index is 11.7. The Bertz CT molecular complexity index is 311. The largest absolute Gasteiger partial charge is 0.396 e. The van der Waals surface area contributed by atoms with Crippen molar-refractivity contribution in [3.05, 3.63) is 0 Å². The van der Waals surface area contributed by atoms with E-state index in [0.717, 1.165) is 0 Å². The van der Waals surface area contributed by atoms with Gasteiger partial charge in [-0.2, -0.15) is 5.10 Å². The van der Waals surface area contributed by atoms with Gasteiger partial charge in [0.2, 0.25) is 11.8 Å². The quantitative estimate of drug-likeness (QED) is 0.310. The van der Waals surface area contributed by atoms with Crippen LogP contribution in [0.25, 0.3) is 0 Å². The van der Waals surface area contributed by atoms with Crippen LogP contribution in [0.3, 0.4) is 0 Å². The molecule has 0 spiro atoms. The molecular weight excluding hydrogens is 238 g/mol. The number of nitrogens with zero attached hydrogens (tertiary/aromatic N) is 1. The number of nitrogens with one attached hydrogen (secondary N) is 2. The van der Waals surface area contributed by atoms with Crippen LogP contribution >= 0.6 is 0 Å². The summed E-state index contributed by atoms with van der Waals surface area (Å²) >= 11 is 0. The smallest absolute Gasteiger partial charge is 0.246 e. The molecule has 0 aromatic rings. The van der Waals surface area contributed by atoms with Crippen LogP contribution in [0.15, 0.2) is 5.10 Å². The number of amides is 2. The van der Waals surface area contributed by atoms with Gasteiger partial charge in [-0.1, -0.05) is 0 Å². The summed E-state index contributed by atoms with van der Waals surface area (Å²) in [6, 6.07) is 0. The normalized spacial score (nSPS) is 23.9. The fourth-order valence-corrected chi connectivity index (χ4v) is 2.03. The molecule has 1 saturated carbocycles. The molecule has 2 amide bonds. The maximum Gasteiger partial charge on any atom is 0.246 e. The highest BCUT2D eigenvalue weighted by atomic mass is 16.5. The summed E-state index contributed by atoms with van der Waals surface area (Å²) in [5, 5.41) is 20.7. The minimum Gasteiger partial charge on any atom is -0.396 e. The first kappa shape index (κ1) is 14.6. The first-order chi connectivity index (χ1) is 8.69. The summed E-state index contributed by atoms with van der Waals surface area (Å²) in [4.78, 5) is 22.8. The third kappa shape index (κ3) is 4.42. The second kappa shape index (κ2) is 7.78. The van der Waals surface area contributed by atoms with E-state index in [-0.39, 0.29) is 30.3 Å². The Morgan fingerprint density at radius 1 is 1.17 bits per heavy atom. The van der Waals surface area contributed by atoms with Crippen molar-refractivity contribution in [1.82, 2.24) is 10.9 Å². The Labute approximate surface area is 105 Å². The topological polar surface area (TPSA) is 111 Å². The van der Waals surface area contributed by atoms with Crippen molar-refractivity contribution in [2.24, 2.45) is 16.9 Å². The zero-order chi connectivity index (χ0) is 13.4. The summed E-state index contributed by atoms with van der Waals surface area (Å²) in [5.74, 6) is -0.891. The summed E-state index contributed by atoms with van der Waals surface area (Å²) in [5.41, 5.74) is 4.06. The highest BCUT2D eigenvalue weighted by Crippen LogP contribution is 2.28. The molecule has 0 heterocycles. The number of aliphatic hydroxyl groups is 1. The van der Waals surface area contributed by atoms with Crippen LogP contribution in [-0.4, -0.2) is 34.9 Å². The molecule has 102 valence electrons. The SMILES string of the molecule is O=C(NO)C1CCC(C(=O)N/N=C/CCO)CC1. The van der Waals surface area contributed by atoms with Gasteiger partial charge in [-0.05, 0) is 25.7 Å². The monoisotopic (exact) mass is 257 g/mol. The standard InChI is InChI=1S/C11H19N3O4/c15-7-1-6-12-13-10(16)8-2-4-9(5-3-8)11(17)14-18/h6,8-9,15,18H,1-5,7H2,(H,13,16)(H,14,17)/b12-6+. The minimum absolute atomic E-state index is 0.000744. The number of hydroxylamine groups is 1. The van der Waals surface area contributed by atoms with Gasteiger partial charge in [-0.3, -0.25) is 14.8 Å². The van der Waals surface area contributed by atoms with E-state index in [1.54, 1.807) is 5.48 Å². The number of aliphatic hydroxyl groups excluding tert-OH is 1. The van der Waals surface area contributed by atoms with Gasteiger partial charge in [0.15, 0.2) is 0 Å². The fraction of sp³-hybridized carbons (Fsp3) is 0.727. The number of rotatable bonds is 5. The van der Waals surface area contributed by atoms with Crippen LogP contribution in [0.1, 0.15) is 32.1 Å². The predicted octanol–water partition coefficient (Wildman–Crippen LogP) is -0.217. The van der Waals surface area contributed by atoms with E-state index < -0.39 is 0 Å². The van der Waals surface area contributed by atoms with Crippen LogP contribution in [-0.2, 0) is 9.59 Å². The lowest BCUT2D eigenvalue weighted by Crippen LogP contribution is -2.35. The van der Waals surface area contributed by atoms with Crippen molar-refractivity contribution in [2.75, 3.05) is 6.61 Å². The van der Waals surface area contributed by atoms with Crippen molar-refractivity contribution in [2.45, 2.75) is 32.1 Å². The number of hydrogen-bond acceptors (Lipinski definition) is 5. The molecule has 0 radical (unpaired) electrons. The molecule has 1 rings (SSSR count). The Balaban J connectivity index is 2.29. The van der Waals surface area contributed by atoms with Gasteiger partial charge >= 0.3 is 0 Å². The third-order valence-corrected chi connectivity index (χ3v) is 3.10. The van der Waals surface area contributed by atoms with E-state index in [2.05, 4.69) is 10.5 Å². The van der Waals surface area contributed by atoms with Crippen LogP contribution in [0.5, 0.6) is 0 Å². The number of hydrogen-bond donors (Lipinski definition) is 4. The summed E-state index contributed by atoms with van der Waals surface area (Å²) in [6.07, 6.45) is 4.25. The molecule has 1 aliphatic carbocycles. The van der Waals surface area contributed by atoms with Crippen molar-refractivity contribution in [3.8, 4) is 0 Å². The van der Waals surface area contributed by atoms with Crippen molar-refractivity contribution < 1.29 is 19.9 Å². The zero-order valence-corrected chi connectivity index (χ0v) is 10.1. The molecule has 0 aromatic carbocycles. The molecule has 7 heteroatoms. The average molecular weight is 257 g/mol. The Hall–Kier alpha value is -1.47. The van der Waals surface area contributed by atoms with Crippen molar-refractivity contribution in [1.29, 1.82) is 0 Å². The average Bonchev–Trinajstić information content (AvgIpc) is 2.42. The Kier molecular flexibility index (Phi) is 6.31. The Morgan fingerprint density at radius 2 is 1.72 bits per heavy atom. The number of hydrazone groups is 1. The first-order valence-corrected chi connectivity index (χ1v) is 6.05. The second-order valence-corrected chi connectivity index (χ2v) is 4.32. The van der Waals surface area contributed by atoms with E-state index in [4.69, 9.17) is 10.3 Å². The highest BCUT2D eigenvalue weighted by Gasteiger charge is 2.29. The van der Waals surface area contributed by atoms with Crippen molar-refractivity contribution in [3.63, 3.8) is 0 Å². The molecule has 0 bridgehead atoms. The van der Waals surface area contributed by atoms with E-state index >= 15 is 0 Å². The van der Waals surface area contributed by atoms with Gasteiger partial charge in [0.1, 0.15) is 0 Å². The summed E-state index contributed by atoms with van der Waals surface area (Å²) in [6.45, 7) is 0.000744. The summed E-state index contributed by atoms with van der Waals surface area (Å²) in [7, 11) is 0. The predicted molar refractivity (Wildman–Crippen MR) is 63.7 cm³/mol. The zero-order valence-electron chi connectivity index (χ0n) is 10.1. The molecule has 4 N–H and O–H groups in total. The van der Waals surface area contributed by atoms with E-state index in [0.29, 0.717) is 32.1 Å². The highest BCUT2D eigenvalue weighted by molar-refractivity contribution is 5.81. The van der Waals surface area contributed by atoms with Gasteiger partial charge in [0.25, 0.3) is 0 Å². The Morgan fingerprint density at radius 3 is 2.22 bits per heavy atom. The van der Waals surface area contributed by atoms with Crippen LogP contribution < -0.4 is 10.9 Å². The van der Waals surface area contributed by atoms with Crippen LogP contribution in [0.2, 0.25) is 0 Å². The molecule has 1 aliphatic rings. The lowest BCUT2D eigenvalue weighted by atomic mass is 9.81. The number of carbonyl (C=O) groups is 2. The van der Waals surface area contributed by atoms with E-state index in [1.807, 2.05) is 0 Å². The summed E-state index contributed by atoms with van der Waals surface area (Å²) < 4.78 is 0. The lowest BCUT2D eigenvalue weighted by molar-refractivity contribution is -0.136. The first-order valence-electron chi connectivity index (χ1n) is 6.05. The number of carbonyl (C=O) groups excluding carboxylic acids is 2. The molecule has 0 atom stereocenters. The molecule has 0 aromatic heterocycles. The molecule has 0 unspecified atom stereocenters. The minimum atomic E-state index is -0.380. The van der Waals surface area contributed by atoms with Gasteiger partial charge in [-0.15, -0.1) is 0 Å². The maximum absolute atomic E-state index is 11.7. The molecule has 1 fully saturated rings. The molecule has 7 nitrogen and oxygen atoms in total. The molecule has 0 saturated heterocycles. The van der Waals surface area contributed by atoms with Crippen LogP contribution in [0, 0.1) is 11.8 Å². The lowest BCUT2D eigenvalue weighted by Gasteiger charge is -2.25. The van der Waals surface area contributed by atoms with E-state index in [1.165, 1.54) is 6.21 Å². The molecular formula is C11H19N3O4.